The van der Waals surface area contributed by atoms with Crippen LogP contribution in [0.15, 0.2) is 43.0 Å². The van der Waals surface area contributed by atoms with Crippen LogP contribution in [-0.4, -0.2) is 67.9 Å². The molecule has 0 aliphatic carbocycles. The Morgan fingerprint density at radius 3 is 2.27 bits per heavy atom. The number of benzene rings is 1. The second kappa shape index (κ2) is 14.4. The van der Waals surface area contributed by atoms with Crippen LogP contribution in [0, 0.1) is 11.8 Å². The van der Waals surface area contributed by atoms with Gasteiger partial charge in [-0.2, -0.15) is 0 Å². The molecule has 0 aliphatic heterocycles. The Balaban J connectivity index is 1.83. The van der Waals surface area contributed by atoms with E-state index in [1.165, 1.54) is 6.33 Å². The normalized spacial score (nSPS) is 15.1. The van der Waals surface area contributed by atoms with Gasteiger partial charge in [0.05, 0.1) is 12.4 Å². The molecular weight excluding hydrogens is 526 g/mol. The summed E-state index contributed by atoms with van der Waals surface area (Å²) in [4.78, 5) is 61.9. The first-order chi connectivity index (χ1) is 19.5. The zero-order chi connectivity index (χ0) is 30.1. The van der Waals surface area contributed by atoms with Crippen LogP contribution in [0.5, 0.6) is 0 Å². The molecule has 0 radical (unpaired) electrons. The molecule has 12 heteroatoms. The molecule has 3 aromatic rings. The number of nitrogens with zero attached hydrogens (tertiary/aromatic N) is 1. The first kappa shape index (κ1) is 31.3. The smallest absolute Gasteiger partial charge is 0.326 e. The van der Waals surface area contributed by atoms with Crippen molar-refractivity contribution in [1.82, 2.24) is 30.9 Å². The summed E-state index contributed by atoms with van der Waals surface area (Å²) in [5.74, 6) is -3.13. The van der Waals surface area contributed by atoms with Gasteiger partial charge in [-0.15, -0.1) is 0 Å². The Hall–Kier alpha value is -4.19. The maximum atomic E-state index is 13.7. The molecule has 5 atom stereocenters. The van der Waals surface area contributed by atoms with E-state index in [4.69, 9.17) is 5.73 Å². The van der Waals surface area contributed by atoms with Gasteiger partial charge in [0.15, 0.2) is 0 Å². The Morgan fingerprint density at radius 2 is 1.63 bits per heavy atom. The molecule has 3 amide bonds. The van der Waals surface area contributed by atoms with Gasteiger partial charge < -0.3 is 36.8 Å². The van der Waals surface area contributed by atoms with Gasteiger partial charge in [0, 0.05) is 41.8 Å². The highest BCUT2D eigenvalue weighted by Gasteiger charge is 2.32. The number of nitrogens with one attached hydrogen (secondary N) is 5. The van der Waals surface area contributed by atoms with E-state index >= 15 is 0 Å². The van der Waals surface area contributed by atoms with E-state index in [-0.39, 0.29) is 31.1 Å². The first-order valence-electron chi connectivity index (χ1n) is 13.9. The minimum atomic E-state index is -1.14. The number of aromatic amines is 2. The molecule has 8 N–H and O–H groups in total. The van der Waals surface area contributed by atoms with Crippen molar-refractivity contribution in [3.63, 3.8) is 0 Å². The van der Waals surface area contributed by atoms with Crippen molar-refractivity contribution in [3.8, 4) is 0 Å². The van der Waals surface area contributed by atoms with Crippen LogP contribution in [0.25, 0.3) is 10.9 Å². The van der Waals surface area contributed by atoms with Crippen molar-refractivity contribution in [2.24, 2.45) is 17.6 Å². The SMILES string of the molecule is CCC(C)C(NC(=O)C(CC(C)C)NC(=O)C(Cc1c[nH]c2ccccc12)NC(=O)C(N)Cc1cnc[nH]1)C(=O)O. The second-order valence-corrected chi connectivity index (χ2v) is 10.9. The molecule has 41 heavy (non-hydrogen) atoms. The highest BCUT2D eigenvalue weighted by molar-refractivity contribution is 5.95. The number of hydrogen-bond acceptors (Lipinski definition) is 6. The molecule has 0 saturated carbocycles. The molecule has 222 valence electrons. The number of hydrogen-bond donors (Lipinski definition) is 7. The predicted molar refractivity (Wildman–Crippen MR) is 155 cm³/mol. The van der Waals surface area contributed by atoms with Gasteiger partial charge in [-0.3, -0.25) is 14.4 Å². The predicted octanol–water partition coefficient (Wildman–Crippen LogP) is 1.63. The van der Waals surface area contributed by atoms with Gasteiger partial charge in [0.2, 0.25) is 17.7 Å². The third-order valence-corrected chi connectivity index (χ3v) is 7.18. The zero-order valence-corrected chi connectivity index (χ0v) is 23.9. The fourth-order valence-corrected chi connectivity index (χ4v) is 4.65. The largest absolute Gasteiger partial charge is 0.480 e. The highest BCUT2D eigenvalue weighted by atomic mass is 16.4. The number of fused-ring (bicyclic) bond motifs is 1. The molecule has 0 fully saturated rings. The average Bonchev–Trinajstić information content (AvgIpc) is 3.59. The van der Waals surface area contributed by atoms with Crippen molar-refractivity contribution in [1.29, 1.82) is 0 Å². The third kappa shape index (κ3) is 8.65. The van der Waals surface area contributed by atoms with Crippen LogP contribution in [0.1, 0.15) is 51.8 Å². The Bertz CT molecular complexity index is 1320. The van der Waals surface area contributed by atoms with E-state index in [0.29, 0.717) is 12.1 Å². The standard InChI is InChI=1S/C29H41N7O5/c1-5-17(4)25(29(40)41)36-28(39)23(10-16(2)3)35-27(38)24(11-18-13-32-22-9-7-6-8-20(18)22)34-26(37)21(30)12-19-14-31-15-33-19/h6-9,13-17,21,23-25,32H,5,10-12,30H2,1-4H3,(H,31,33)(H,34,37)(H,35,38)(H,36,39)(H,40,41). The number of H-pyrrole nitrogens is 2. The van der Waals surface area contributed by atoms with Crippen LogP contribution < -0.4 is 21.7 Å². The minimum absolute atomic E-state index is 0.0161. The topological polar surface area (TPSA) is 195 Å². The van der Waals surface area contributed by atoms with Crippen molar-refractivity contribution < 1.29 is 24.3 Å². The molecule has 1 aromatic carbocycles. The van der Waals surface area contributed by atoms with Gasteiger partial charge in [0.25, 0.3) is 0 Å². The molecule has 0 spiro atoms. The maximum Gasteiger partial charge on any atom is 0.326 e. The Kier molecular flexibility index (Phi) is 11.0. The molecule has 2 heterocycles. The first-order valence-corrected chi connectivity index (χ1v) is 13.9. The van der Waals surface area contributed by atoms with Crippen molar-refractivity contribution >= 4 is 34.6 Å². The molecule has 0 bridgehead atoms. The number of carbonyl (C=O) groups excluding carboxylic acids is 3. The summed E-state index contributed by atoms with van der Waals surface area (Å²) in [6.45, 7) is 7.38. The summed E-state index contributed by atoms with van der Waals surface area (Å²) in [6.07, 6.45) is 6.00. The molecule has 0 saturated heterocycles. The number of aliphatic carboxylic acids is 1. The van der Waals surface area contributed by atoms with E-state index in [9.17, 15) is 24.3 Å². The average molecular weight is 568 g/mol. The number of para-hydroxylation sites is 1. The van der Waals surface area contributed by atoms with Gasteiger partial charge >= 0.3 is 5.97 Å². The second-order valence-electron chi connectivity index (χ2n) is 10.9. The number of carbonyl (C=O) groups is 4. The van der Waals surface area contributed by atoms with E-state index in [0.717, 1.165) is 16.5 Å². The number of nitrogens with two attached hydrogens (primary N) is 1. The van der Waals surface area contributed by atoms with Gasteiger partial charge in [-0.1, -0.05) is 52.3 Å². The zero-order valence-electron chi connectivity index (χ0n) is 23.9. The lowest BCUT2D eigenvalue weighted by Crippen LogP contribution is -2.58. The van der Waals surface area contributed by atoms with Gasteiger partial charge in [-0.25, -0.2) is 9.78 Å². The van der Waals surface area contributed by atoms with E-state index in [1.54, 1.807) is 19.3 Å². The molecule has 2 aromatic heterocycles. The lowest BCUT2D eigenvalue weighted by Gasteiger charge is -2.27. The van der Waals surface area contributed by atoms with Crippen molar-refractivity contribution in [2.75, 3.05) is 0 Å². The summed E-state index contributed by atoms with van der Waals surface area (Å²) >= 11 is 0. The number of imidazole rings is 1. The summed E-state index contributed by atoms with van der Waals surface area (Å²) < 4.78 is 0. The van der Waals surface area contributed by atoms with Crippen LogP contribution in [-0.2, 0) is 32.0 Å². The molecule has 0 aliphatic rings. The third-order valence-electron chi connectivity index (χ3n) is 7.18. The summed E-state index contributed by atoms with van der Waals surface area (Å²) in [6, 6.07) is 3.49. The fraction of sp³-hybridized carbons (Fsp3) is 0.483. The number of amides is 3. The quantitative estimate of drug-likeness (QED) is 0.145. The summed E-state index contributed by atoms with van der Waals surface area (Å²) in [7, 11) is 0. The molecule has 12 nitrogen and oxygen atoms in total. The number of aromatic nitrogens is 3. The minimum Gasteiger partial charge on any atom is -0.480 e. The molecule has 3 rings (SSSR count). The van der Waals surface area contributed by atoms with Crippen LogP contribution in [0.3, 0.4) is 0 Å². The van der Waals surface area contributed by atoms with Crippen LogP contribution >= 0.6 is 0 Å². The Labute approximate surface area is 239 Å². The van der Waals surface area contributed by atoms with E-state index in [2.05, 4.69) is 30.9 Å². The molecule has 5 unspecified atom stereocenters. The fourth-order valence-electron chi connectivity index (χ4n) is 4.65. The highest BCUT2D eigenvalue weighted by Crippen LogP contribution is 2.20. The lowest BCUT2D eigenvalue weighted by atomic mass is 9.97. The maximum absolute atomic E-state index is 13.7. The Morgan fingerprint density at radius 1 is 0.951 bits per heavy atom. The summed E-state index contributed by atoms with van der Waals surface area (Å²) in [5.41, 5.74) is 8.50. The number of carboxylic acid groups (broad SMARTS) is 1. The summed E-state index contributed by atoms with van der Waals surface area (Å²) in [5, 5.41) is 18.7. The van der Waals surface area contributed by atoms with Crippen molar-refractivity contribution in [3.05, 3.63) is 54.2 Å². The lowest BCUT2D eigenvalue weighted by molar-refractivity contribution is -0.144. The molecular formula is C29H41N7O5. The number of carboxylic acids is 1. The van der Waals surface area contributed by atoms with E-state index < -0.39 is 47.9 Å². The monoisotopic (exact) mass is 567 g/mol. The number of rotatable bonds is 15. The van der Waals surface area contributed by atoms with Crippen LogP contribution in [0.4, 0.5) is 0 Å². The van der Waals surface area contributed by atoms with Gasteiger partial charge in [0.1, 0.15) is 18.1 Å². The van der Waals surface area contributed by atoms with Crippen LogP contribution in [0.2, 0.25) is 0 Å². The van der Waals surface area contributed by atoms with Gasteiger partial charge in [-0.05, 0) is 29.9 Å². The van der Waals surface area contributed by atoms with Crippen molar-refractivity contribution in [2.45, 2.75) is 77.5 Å². The van der Waals surface area contributed by atoms with E-state index in [1.807, 2.05) is 45.0 Å².